The summed E-state index contributed by atoms with van der Waals surface area (Å²) in [5, 5.41) is 11.9. The van der Waals surface area contributed by atoms with Gasteiger partial charge in [0.1, 0.15) is 11.6 Å². The van der Waals surface area contributed by atoms with Crippen LogP contribution in [0.5, 0.6) is 0 Å². The first-order valence-electron chi connectivity index (χ1n) is 8.11. The molecule has 1 aliphatic carbocycles. The molecular weight excluding hydrogens is 302 g/mol. The lowest BCUT2D eigenvalue weighted by Crippen LogP contribution is -2.44. The lowest BCUT2D eigenvalue weighted by molar-refractivity contribution is -0.148. The topological polar surface area (TPSA) is 107 Å². The van der Waals surface area contributed by atoms with E-state index in [0.29, 0.717) is 32.2 Å². The molecule has 3 rings (SSSR count). The quantitative estimate of drug-likeness (QED) is 0.724. The van der Waals surface area contributed by atoms with Gasteiger partial charge < -0.3 is 15.3 Å². The number of likely N-dealkylation sites (tertiary alicyclic amines) is 1. The molecule has 1 unspecified atom stereocenters. The zero-order valence-electron chi connectivity index (χ0n) is 12.9. The van der Waals surface area contributed by atoms with Crippen LogP contribution in [-0.4, -0.2) is 63.4 Å². The molecule has 0 bridgehead atoms. The molecule has 2 heterocycles. The zero-order valence-corrected chi connectivity index (χ0v) is 12.9. The van der Waals surface area contributed by atoms with E-state index >= 15 is 0 Å². The number of urea groups is 1. The Morgan fingerprint density at radius 1 is 1.22 bits per heavy atom. The van der Waals surface area contributed by atoms with E-state index in [1.54, 1.807) is 0 Å². The average molecular weight is 323 g/mol. The molecular formula is C15H21N3O5. The molecule has 1 atom stereocenters. The van der Waals surface area contributed by atoms with Crippen molar-refractivity contribution < 1.29 is 24.3 Å². The summed E-state index contributed by atoms with van der Waals surface area (Å²) in [4.78, 5) is 50.3. The van der Waals surface area contributed by atoms with Crippen molar-refractivity contribution in [1.82, 2.24) is 15.1 Å². The first-order valence-corrected chi connectivity index (χ1v) is 8.11. The minimum absolute atomic E-state index is 0.00802. The van der Waals surface area contributed by atoms with Gasteiger partial charge in [-0.3, -0.25) is 14.5 Å². The summed E-state index contributed by atoms with van der Waals surface area (Å²) < 4.78 is 0. The Morgan fingerprint density at radius 3 is 2.57 bits per heavy atom. The van der Waals surface area contributed by atoms with Crippen LogP contribution in [0.1, 0.15) is 44.9 Å². The fraction of sp³-hybridized carbons (Fsp3) is 0.733. The molecule has 1 saturated carbocycles. The number of carbonyl (C=O) groups excluding carboxylic acids is 3. The Morgan fingerprint density at radius 2 is 1.91 bits per heavy atom. The molecule has 2 aliphatic heterocycles. The largest absolute Gasteiger partial charge is 0.480 e. The Kier molecular flexibility index (Phi) is 3.99. The molecule has 2 N–H and O–H groups in total. The maximum atomic E-state index is 12.5. The fourth-order valence-electron chi connectivity index (χ4n) is 3.87. The van der Waals surface area contributed by atoms with Crippen molar-refractivity contribution in [2.75, 3.05) is 13.1 Å². The van der Waals surface area contributed by atoms with Gasteiger partial charge >= 0.3 is 12.0 Å². The van der Waals surface area contributed by atoms with E-state index in [0.717, 1.165) is 17.7 Å². The van der Waals surface area contributed by atoms with Gasteiger partial charge in [-0.05, 0) is 25.7 Å². The van der Waals surface area contributed by atoms with Crippen LogP contribution in [-0.2, 0) is 14.4 Å². The summed E-state index contributed by atoms with van der Waals surface area (Å²) in [6.45, 7) is 0.425. The molecule has 0 aromatic rings. The molecule has 23 heavy (non-hydrogen) atoms. The average Bonchev–Trinajstić information content (AvgIpc) is 3.20. The number of imide groups is 1. The molecule has 0 aromatic heterocycles. The molecule has 0 aromatic carbocycles. The second kappa shape index (κ2) is 5.82. The third-order valence-corrected chi connectivity index (χ3v) is 5.11. The van der Waals surface area contributed by atoms with Gasteiger partial charge in [0.05, 0.1) is 0 Å². The van der Waals surface area contributed by atoms with E-state index < -0.39 is 23.6 Å². The number of aliphatic carboxylic acids is 1. The van der Waals surface area contributed by atoms with Crippen LogP contribution < -0.4 is 5.32 Å². The van der Waals surface area contributed by atoms with Crippen LogP contribution in [0.2, 0.25) is 0 Å². The van der Waals surface area contributed by atoms with Crippen LogP contribution in [0.3, 0.4) is 0 Å². The van der Waals surface area contributed by atoms with Gasteiger partial charge in [-0.15, -0.1) is 0 Å². The molecule has 2 saturated heterocycles. The standard InChI is InChI=1S/C15H21N3O5/c19-11(17-8-3-4-10(17)12(20)21)5-9-18-13(22)15(16-14(18)23)6-1-2-7-15/h10H,1-9H2,(H,16,23)(H,20,21). The van der Waals surface area contributed by atoms with Crippen molar-refractivity contribution in [2.45, 2.75) is 56.5 Å². The SMILES string of the molecule is O=C(O)C1CCCN1C(=O)CCN1C(=O)NC2(CCCC2)C1=O. The van der Waals surface area contributed by atoms with Crippen LogP contribution >= 0.6 is 0 Å². The Balaban J connectivity index is 1.60. The molecule has 0 radical (unpaired) electrons. The van der Waals surface area contributed by atoms with Crippen molar-refractivity contribution in [3.8, 4) is 0 Å². The number of carboxylic acids is 1. The number of carboxylic acid groups (broad SMARTS) is 1. The summed E-state index contributed by atoms with van der Waals surface area (Å²) >= 11 is 0. The Labute approximate surface area is 133 Å². The van der Waals surface area contributed by atoms with Gasteiger partial charge in [0, 0.05) is 19.5 Å². The summed E-state index contributed by atoms with van der Waals surface area (Å²) in [5.74, 6) is -1.57. The van der Waals surface area contributed by atoms with Crippen LogP contribution in [0.15, 0.2) is 0 Å². The molecule has 126 valence electrons. The van der Waals surface area contributed by atoms with Gasteiger partial charge in [-0.2, -0.15) is 0 Å². The lowest BCUT2D eigenvalue weighted by atomic mass is 9.98. The Bertz CT molecular complexity index is 555. The van der Waals surface area contributed by atoms with Crippen LogP contribution in [0, 0.1) is 0 Å². The van der Waals surface area contributed by atoms with Crippen molar-refractivity contribution in [3.05, 3.63) is 0 Å². The van der Waals surface area contributed by atoms with Gasteiger partial charge in [0.2, 0.25) is 5.91 Å². The van der Waals surface area contributed by atoms with Crippen molar-refractivity contribution in [3.63, 3.8) is 0 Å². The highest BCUT2D eigenvalue weighted by atomic mass is 16.4. The molecule has 8 nitrogen and oxygen atoms in total. The second-order valence-electron chi connectivity index (χ2n) is 6.51. The van der Waals surface area contributed by atoms with Crippen molar-refractivity contribution in [1.29, 1.82) is 0 Å². The van der Waals surface area contributed by atoms with E-state index in [9.17, 15) is 19.2 Å². The minimum atomic E-state index is -1.00. The van der Waals surface area contributed by atoms with Gasteiger partial charge in [-0.1, -0.05) is 12.8 Å². The van der Waals surface area contributed by atoms with Crippen molar-refractivity contribution in [2.24, 2.45) is 0 Å². The van der Waals surface area contributed by atoms with Crippen molar-refractivity contribution >= 4 is 23.8 Å². The summed E-state index contributed by atoms with van der Waals surface area (Å²) in [7, 11) is 0. The number of nitrogens with zero attached hydrogens (tertiary/aromatic N) is 2. The highest BCUT2D eigenvalue weighted by Gasteiger charge is 2.52. The first-order chi connectivity index (χ1) is 10.9. The third-order valence-electron chi connectivity index (χ3n) is 5.11. The van der Waals surface area contributed by atoms with E-state index in [1.165, 1.54) is 4.90 Å². The second-order valence-corrected chi connectivity index (χ2v) is 6.51. The molecule has 1 spiro atoms. The highest BCUT2D eigenvalue weighted by Crippen LogP contribution is 2.35. The lowest BCUT2D eigenvalue weighted by Gasteiger charge is -2.23. The summed E-state index contributed by atoms with van der Waals surface area (Å²) in [6.07, 6.45) is 4.20. The van der Waals surface area contributed by atoms with E-state index in [4.69, 9.17) is 5.11 Å². The molecule has 8 heteroatoms. The zero-order chi connectivity index (χ0) is 16.6. The molecule has 3 fully saturated rings. The monoisotopic (exact) mass is 323 g/mol. The van der Waals surface area contributed by atoms with E-state index in [2.05, 4.69) is 5.32 Å². The number of hydrogen-bond acceptors (Lipinski definition) is 4. The van der Waals surface area contributed by atoms with E-state index in [1.807, 2.05) is 0 Å². The smallest absolute Gasteiger partial charge is 0.326 e. The van der Waals surface area contributed by atoms with E-state index in [-0.39, 0.29) is 24.8 Å². The minimum Gasteiger partial charge on any atom is -0.480 e. The predicted molar refractivity (Wildman–Crippen MR) is 78.4 cm³/mol. The first kappa shape index (κ1) is 15.8. The van der Waals surface area contributed by atoms with Gasteiger partial charge in [0.25, 0.3) is 5.91 Å². The van der Waals surface area contributed by atoms with Crippen LogP contribution in [0.4, 0.5) is 4.79 Å². The third kappa shape index (κ3) is 2.66. The maximum absolute atomic E-state index is 12.5. The number of carbonyl (C=O) groups is 4. The summed E-state index contributed by atoms with van der Waals surface area (Å²) in [6, 6.07) is -1.23. The summed E-state index contributed by atoms with van der Waals surface area (Å²) in [5.41, 5.74) is -0.766. The highest BCUT2D eigenvalue weighted by molar-refractivity contribution is 6.07. The predicted octanol–water partition coefficient (Wildman–Crippen LogP) is 0.317. The number of hydrogen-bond donors (Lipinski definition) is 2. The Hall–Kier alpha value is -2.12. The van der Waals surface area contributed by atoms with Gasteiger partial charge in [-0.25, -0.2) is 9.59 Å². The maximum Gasteiger partial charge on any atom is 0.326 e. The molecule has 3 aliphatic rings. The van der Waals surface area contributed by atoms with Crippen LogP contribution in [0.25, 0.3) is 0 Å². The number of nitrogens with one attached hydrogen (secondary N) is 1. The molecule has 4 amide bonds. The number of amides is 4. The number of rotatable bonds is 4. The normalized spacial score (nSPS) is 26.2. The fourth-order valence-corrected chi connectivity index (χ4v) is 3.87. The van der Waals surface area contributed by atoms with Gasteiger partial charge in [0.15, 0.2) is 0 Å².